The molecule has 0 unspecified atom stereocenters. The Morgan fingerprint density at radius 1 is 1.24 bits per heavy atom. The molecule has 1 N–H and O–H groups in total. The Bertz CT molecular complexity index is 418. The predicted octanol–water partition coefficient (Wildman–Crippen LogP) is 2.73. The Hall–Kier alpha value is -1.00. The molecule has 0 saturated heterocycles. The van der Waals surface area contributed by atoms with Crippen LogP contribution < -0.4 is 0 Å². The molecular weight excluding hydrogens is 282 g/mol. The molecule has 21 heavy (non-hydrogen) atoms. The molecule has 1 aliphatic rings. The highest BCUT2D eigenvalue weighted by Gasteiger charge is 2.25. The van der Waals surface area contributed by atoms with Gasteiger partial charge in [0.1, 0.15) is 0 Å². The van der Waals surface area contributed by atoms with Gasteiger partial charge in [-0.2, -0.15) is 11.8 Å². The number of thioether (sulfide) groups is 1. The van der Waals surface area contributed by atoms with Crippen molar-refractivity contribution in [2.24, 2.45) is 0 Å². The van der Waals surface area contributed by atoms with Gasteiger partial charge in [0.05, 0.1) is 12.4 Å². The summed E-state index contributed by atoms with van der Waals surface area (Å²) in [6, 6.07) is 10.7. The van der Waals surface area contributed by atoms with Gasteiger partial charge in [0.25, 0.3) is 0 Å². The first kappa shape index (κ1) is 16.4. The van der Waals surface area contributed by atoms with E-state index in [9.17, 15) is 4.79 Å². The van der Waals surface area contributed by atoms with Crippen LogP contribution in [0.5, 0.6) is 0 Å². The SMILES string of the molecule is O=C(CSCCc1ccccc1)N(CCO)C1CCCC1. The van der Waals surface area contributed by atoms with Gasteiger partial charge in [-0.05, 0) is 30.6 Å². The first-order chi connectivity index (χ1) is 10.3. The van der Waals surface area contributed by atoms with Crippen molar-refractivity contribution in [2.45, 2.75) is 38.1 Å². The highest BCUT2D eigenvalue weighted by molar-refractivity contribution is 7.99. The molecule has 1 aromatic rings. The Morgan fingerprint density at radius 3 is 2.62 bits per heavy atom. The van der Waals surface area contributed by atoms with E-state index in [1.165, 1.54) is 18.4 Å². The van der Waals surface area contributed by atoms with Crippen LogP contribution in [-0.4, -0.2) is 46.6 Å². The van der Waals surface area contributed by atoms with Gasteiger partial charge in [0.2, 0.25) is 5.91 Å². The van der Waals surface area contributed by atoms with Crippen LogP contribution in [-0.2, 0) is 11.2 Å². The number of nitrogens with zero attached hydrogens (tertiary/aromatic N) is 1. The van der Waals surface area contributed by atoms with Crippen molar-refractivity contribution in [2.75, 3.05) is 24.7 Å². The minimum Gasteiger partial charge on any atom is -0.395 e. The summed E-state index contributed by atoms with van der Waals surface area (Å²) >= 11 is 1.70. The largest absolute Gasteiger partial charge is 0.395 e. The number of carbonyl (C=O) groups is 1. The lowest BCUT2D eigenvalue weighted by atomic mass is 10.2. The van der Waals surface area contributed by atoms with Gasteiger partial charge in [-0.1, -0.05) is 43.2 Å². The third-order valence-electron chi connectivity index (χ3n) is 4.03. The average molecular weight is 307 g/mol. The van der Waals surface area contributed by atoms with E-state index in [0.29, 0.717) is 18.3 Å². The average Bonchev–Trinajstić information content (AvgIpc) is 3.04. The standard InChI is InChI=1S/C17H25NO2S/c19-12-11-18(16-8-4-5-9-16)17(20)14-21-13-10-15-6-2-1-3-7-15/h1-3,6-7,16,19H,4-5,8-14H2. The van der Waals surface area contributed by atoms with Crippen molar-refractivity contribution in [1.82, 2.24) is 4.90 Å². The lowest BCUT2D eigenvalue weighted by molar-refractivity contribution is -0.131. The molecule has 1 amide bonds. The molecule has 0 bridgehead atoms. The summed E-state index contributed by atoms with van der Waals surface area (Å²) in [5.74, 6) is 1.69. The number of hydrogen-bond acceptors (Lipinski definition) is 3. The van der Waals surface area contributed by atoms with E-state index < -0.39 is 0 Å². The second kappa shape index (κ2) is 9.11. The van der Waals surface area contributed by atoms with Crippen LogP contribution in [0.3, 0.4) is 0 Å². The van der Waals surface area contributed by atoms with E-state index in [4.69, 9.17) is 5.11 Å². The second-order valence-electron chi connectivity index (χ2n) is 5.54. The van der Waals surface area contributed by atoms with Crippen LogP contribution in [0, 0.1) is 0 Å². The van der Waals surface area contributed by atoms with Crippen LogP contribution in [0.15, 0.2) is 30.3 Å². The number of benzene rings is 1. The Labute approximate surface area is 131 Å². The van der Waals surface area contributed by atoms with Crippen LogP contribution in [0.1, 0.15) is 31.2 Å². The molecule has 0 aliphatic heterocycles. The molecular formula is C17H25NO2S. The molecule has 0 radical (unpaired) electrons. The van der Waals surface area contributed by atoms with Gasteiger partial charge in [0, 0.05) is 12.6 Å². The molecule has 0 atom stereocenters. The molecule has 0 heterocycles. The zero-order chi connectivity index (χ0) is 14.9. The van der Waals surface area contributed by atoms with Crippen LogP contribution >= 0.6 is 11.8 Å². The first-order valence-corrected chi connectivity index (χ1v) is 8.98. The van der Waals surface area contributed by atoms with E-state index in [-0.39, 0.29) is 12.5 Å². The van der Waals surface area contributed by atoms with E-state index in [0.717, 1.165) is 25.0 Å². The van der Waals surface area contributed by atoms with E-state index >= 15 is 0 Å². The monoisotopic (exact) mass is 307 g/mol. The minimum atomic E-state index is 0.0664. The first-order valence-electron chi connectivity index (χ1n) is 7.83. The molecule has 3 nitrogen and oxygen atoms in total. The second-order valence-corrected chi connectivity index (χ2v) is 6.64. The maximum Gasteiger partial charge on any atom is 0.232 e. The smallest absolute Gasteiger partial charge is 0.232 e. The lowest BCUT2D eigenvalue weighted by Gasteiger charge is -2.28. The zero-order valence-electron chi connectivity index (χ0n) is 12.5. The number of aryl methyl sites for hydroxylation is 1. The van der Waals surface area contributed by atoms with Gasteiger partial charge in [-0.25, -0.2) is 0 Å². The molecule has 1 aliphatic carbocycles. The summed E-state index contributed by atoms with van der Waals surface area (Å²) in [5, 5.41) is 9.17. The molecule has 2 rings (SSSR count). The number of aliphatic hydroxyl groups is 1. The van der Waals surface area contributed by atoms with Gasteiger partial charge >= 0.3 is 0 Å². The fourth-order valence-corrected chi connectivity index (χ4v) is 3.78. The number of amides is 1. The fourth-order valence-electron chi connectivity index (χ4n) is 2.91. The molecule has 1 saturated carbocycles. The normalized spacial score (nSPS) is 15.3. The van der Waals surface area contributed by atoms with Gasteiger partial charge in [0.15, 0.2) is 0 Å². The summed E-state index contributed by atoms with van der Waals surface area (Å²) in [5.41, 5.74) is 1.32. The zero-order valence-corrected chi connectivity index (χ0v) is 13.4. The summed E-state index contributed by atoms with van der Waals surface area (Å²) in [7, 11) is 0. The molecule has 116 valence electrons. The van der Waals surface area contributed by atoms with Crippen molar-refractivity contribution in [3.8, 4) is 0 Å². The van der Waals surface area contributed by atoms with Gasteiger partial charge in [-0.3, -0.25) is 4.79 Å². The predicted molar refractivity (Wildman–Crippen MR) is 88.5 cm³/mol. The number of aliphatic hydroxyl groups excluding tert-OH is 1. The number of rotatable bonds is 8. The summed E-state index contributed by atoms with van der Waals surface area (Å²) in [4.78, 5) is 14.2. The van der Waals surface area contributed by atoms with E-state index in [2.05, 4.69) is 12.1 Å². The summed E-state index contributed by atoms with van der Waals surface area (Å²) < 4.78 is 0. The quantitative estimate of drug-likeness (QED) is 0.751. The van der Waals surface area contributed by atoms with Crippen molar-refractivity contribution < 1.29 is 9.90 Å². The van der Waals surface area contributed by atoms with Crippen molar-refractivity contribution in [3.05, 3.63) is 35.9 Å². The molecule has 1 fully saturated rings. The maximum absolute atomic E-state index is 12.3. The molecule has 0 aromatic heterocycles. The number of carbonyl (C=O) groups excluding carboxylic acids is 1. The van der Waals surface area contributed by atoms with Crippen molar-refractivity contribution in [3.63, 3.8) is 0 Å². The van der Waals surface area contributed by atoms with Crippen LogP contribution in [0.4, 0.5) is 0 Å². The van der Waals surface area contributed by atoms with Gasteiger partial charge in [-0.15, -0.1) is 0 Å². The van der Waals surface area contributed by atoms with Crippen molar-refractivity contribution >= 4 is 17.7 Å². The maximum atomic E-state index is 12.3. The highest BCUT2D eigenvalue weighted by Crippen LogP contribution is 2.24. The third-order valence-corrected chi connectivity index (χ3v) is 4.97. The van der Waals surface area contributed by atoms with Gasteiger partial charge < -0.3 is 10.0 Å². The Balaban J connectivity index is 1.71. The minimum absolute atomic E-state index is 0.0664. The third kappa shape index (κ3) is 5.36. The van der Waals surface area contributed by atoms with Crippen molar-refractivity contribution in [1.29, 1.82) is 0 Å². The Morgan fingerprint density at radius 2 is 1.95 bits per heavy atom. The lowest BCUT2D eigenvalue weighted by Crippen LogP contribution is -2.41. The molecule has 4 heteroatoms. The Kier molecular flexibility index (Phi) is 7.10. The topological polar surface area (TPSA) is 40.5 Å². The van der Waals surface area contributed by atoms with Crippen LogP contribution in [0.25, 0.3) is 0 Å². The fraction of sp³-hybridized carbons (Fsp3) is 0.588. The number of hydrogen-bond donors (Lipinski definition) is 1. The highest BCUT2D eigenvalue weighted by atomic mass is 32.2. The molecule has 1 aromatic carbocycles. The summed E-state index contributed by atoms with van der Waals surface area (Å²) in [6.45, 7) is 0.555. The van der Waals surface area contributed by atoms with E-state index in [1.54, 1.807) is 11.8 Å². The van der Waals surface area contributed by atoms with Crippen LogP contribution in [0.2, 0.25) is 0 Å². The summed E-state index contributed by atoms with van der Waals surface area (Å²) in [6.07, 6.45) is 5.62. The van der Waals surface area contributed by atoms with E-state index in [1.807, 2.05) is 23.1 Å². The molecule has 0 spiro atoms.